The van der Waals surface area contributed by atoms with Gasteiger partial charge in [-0.15, -0.1) is 0 Å². The lowest BCUT2D eigenvalue weighted by molar-refractivity contribution is -0.139. The van der Waals surface area contributed by atoms with E-state index in [0.29, 0.717) is 22.0 Å². The van der Waals surface area contributed by atoms with Crippen LogP contribution in [0, 0.1) is 0 Å². The molecule has 0 radical (unpaired) electrons. The van der Waals surface area contributed by atoms with Gasteiger partial charge in [-0.3, -0.25) is 10.2 Å². The predicted molar refractivity (Wildman–Crippen MR) is 109 cm³/mol. The summed E-state index contributed by atoms with van der Waals surface area (Å²) >= 11 is 6.41. The molecule has 0 aliphatic carbocycles. The number of hydrogen-bond acceptors (Lipinski definition) is 8. The molecule has 1 unspecified atom stereocenters. The summed E-state index contributed by atoms with van der Waals surface area (Å²) in [5.74, 6) is 2.40. The number of methoxy groups -OCH3 is 1. The van der Waals surface area contributed by atoms with Crippen LogP contribution in [-0.4, -0.2) is 44.8 Å². The van der Waals surface area contributed by atoms with E-state index in [0.717, 1.165) is 0 Å². The average molecular weight is 438 g/mol. The van der Waals surface area contributed by atoms with Crippen LogP contribution in [0.15, 0.2) is 46.8 Å². The van der Waals surface area contributed by atoms with E-state index < -0.39 is 23.8 Å². The van der Waals surface area contributed by atoms with Crippen molar-refractivity contribution in [2.24, 2.45) is 5.84 Å². The Labute approximate surface area is 179 Å². The van der Waals surface area contributed by atoms with Gasteiger partial charge in [0, 0.05) is 10.7 Å². The summed E-state index contributed by atoms with van der Waals surface area (Å²) < 4.78 is 15.6. The van der Waals surface area contributed by atoms with Crippen LogP contribution in [0.3, 0.4) is 0 Å². The number of allylic oxidation sites excluding steroid dienone is 1. The van der Waals surface area contributed by atoms with Crippen LogP contribution in [0.2, 0.25) is 5.02 Å². The molecule has 162 valence electrons. The summed E-state index contributed by atoms with van der Waals surface area (Å²) in [4.78, 5) is 36.9. The number of amides is 1. The SMILES string of the molecule is CCOC(=O)C1=C(COCC(=O)NN)NC(C)=C(C(=O)OC)C1c1ccccc1Cl. The quantitative estimate of drug-likeness (QED) is 0.240. The molecule has 9 nitrogen and oxygen atoms in total. The van der Waals surface area contributed by atoms with E-state index in [1.807, 2.05) is 5.43 Å². The number of dihydropyridines is 1. The molecule has 4 N–H and O–H groups in total. The van der Waals surface area contributed by atoms with Gasteiger partial charge in [0.15, 0.2) is 0 Å². The fraction of sp³-hybridized carbons (Fsp3) is 0.350. The highest BCUT2D eigenvalue weighted by atomic mass is 35.5. The van der Waals surface area contributed by atoms with Gasteiger partial charge in [0.05, 0.1) is 43.1 Å². The fourth-order valence-electron chi connectivity index (χ4n) is 3.15. The van der Waals surface area contributed by atoms with Gasteiger partial charge in [-0.25, -0.2) is 15.4 Å². The Morgan fingerprint density at radius 3 is 2.50 bits per heavy atom. The topological polar surface area (TPSA) is 129 Å². The van der Waals surface area contributed by atoms with Gasteiger partial charge in [-0.2, -0.15) is 0 Å². The average Bonchev–Trinajstić information content (AvgIpc) is 2.73. The third kappa shape index (κ3) is 5.18. The number of carbonyl (C=O) groups excluding carboxylic acids is 3. The van der Waals surface area contributed by atoms with Crippen LogP contribution in [-0.2, 0) is 28.6 Å². The molecule has 0 bridgehead atoms. The van der Waals surface area contributed by atoms with Gasteiger partial charge in [-0.1, -0.05) is 29.8 Å². The minimum Gasteiger partial charge on any atom is -0.466 e. The summed E-state index contributed by atoms with van der Waals surface area (Å²) in [5.41, 5.74) is 3.65. The number of hydrazine groups is 1. The van der Waals surface area contributed by atoms with Gasteiger partial charge in [-0.05, 0) is 25.5 Å². The molecule has 1 aromatic carbocycles. The lowest BCUT2D eigenvalue weighted by atomic mass is 9.80. The molecule has 2 rings (SSSR count). The zero-order chi connectivity index (χ0) is 22.3. The summed E-state index contributed by atoms with van der Waals surface area (Å²) in [6.07, 6.45) is 0. The number of hydrogen-bond donors (Lipinski definition) is 3. The van der Waals surface area contributed by atoms with E-state index in [1.165, 1.54) is 7.11 Å². The Kier molecular flexibility index (Phi) is 8.40. The van der Waals surface area contributed by atoms with Crippen molar-refractivity contribution in [1.82, 2.24) is 10.7 Å². The fourth-order valence-corrected chi connectivity index (χ4v) is 3.39. The number of halogens is 1. The molecule has 1 amide bonds. The Hall–Kier alpha value is -2.88. The first-order chi connectivity index (χ1) is 14.3. The predicted octanol–water partition coefficient (Wildman–Crippen LogP) is 1.30. The van der Waals surface area contributed by atoms with Crippen LogP contribution >= 0.6 is 11.6 Å². The van der Waals surface area contributed by atoms with Crippen LogP contribution in [0.5, 0.6) is 0 Å². The first kappa shape index (κ1) is 23.4. The summed E-state index contributed by atoms with van der Waals surface area (Å²) in [6.45, 7) is 3.01. The summed E-state index contributed by atoms with van der Waals surface area (Å²) in [6, 6.07) is 6.87. The van der Waals surface area contributed by atoms with Gasteiger partial charge in [0.2, 0.25) is 0 Å². The van der Waals surface area contributed by atoms with Gasteiger partial charge in [0.25, 0.3) is 5.91 Å². The number of benzene rings is 1. The molecule has 0 fully saturated rings. The van der Waals surface area contributed by atoms with E-state index in [1.54, 1.807) is 38.1 Å². The minimum atomic E-state index is -0.853. The largest absolute Gasteiger partial charge is 0.466 e. The van der Waals surface area contributed by atoms with Gasteiger partial charge < -0.3 is 19.5 Å². The normalized spacial score (nSPS) is 16.1. The molecule has 1 aliphatic heterocycles. The molecule has 30 heavy (non-hydrogen) atoms. The van der Waals surface area contributed by atoms with Crippen molar-refractivity contribution in [3.8, 4) is 0 Å². The molecule has 10 heteroatoms. The van der Waals surface area contributed by atoms with E-state index in [-0.39, 0.29) is 31.0 Å². The second-order valence-electron chi connectivity index (χ2n) is 6.28. The lowest BCUT2D eigenvalue weighted by Gasteiger charge is -2.31. The maximum Gasteiger partial charge on any atom is 0.336 e. The molecular weight excluding hydrogens is 414 g/mol. The smallest absolute Gasteiger partial charge is 0.336 e. The number of nitrogens with one attached hydrogen (secondary N) is 2. The minimum absolute atomic E-state index is 0.123. The Morgan fingerprint density at radius 2 is 1.90 bits per heavy atom. The van der Waals surface area contributed by atoms with Gasteiger partial charge >= 0.3 is 11.9 Å². The molecule has 0 saturated carbocycles. The number of rotatable bonds is 8. The van der Waals surface area contributed by atoms with Gasteiger partial charge in [0.1, 0.15) is 6.61 Å². The zero-order valence-electron chi connectivity index (χ0n) is 16.9. The summed E-state index contributed by atoms with van der Waals surface area (Å²) in [7, 11) is 1.25. The number of esters is 2. The highest BCUT2D eigenvalue weighted by Crippen LogP contribution is 2.41. The molecule has 1 atom stereocenters. The maximum atomic E-state index is 12.9. The zero-order valence-corrected chi connectivity index (χ0v) is 17.7. The molecule has 0 spiro atoms. The van der Waals surface area contributed by atoms with Crippen LogP contribution < -0.4 is 16.6 Å². The Bertz CT molecular complexity index is 896. The van der Waals surface area contributed by atoms with E-state index in [9.17, 15) is 14.4 Å². The molecular formula is C20H24ClN3O6. The van der Waals surface area contributed by atoms with E-state index >= 15 is 0 Å². The summed E-state index contributed by atoms with van der Waals surface area (Å²) in [5, 5.41) is 3.37. The first-order valence-electron chi connectivity index (χ1n) is 9.13. The first-order valence-corrected chi connectivity index (χ1v) is 9.51. The molecule has 1 aliphatic rings. The highest BCUT2D eigenvalue weighted by molar-refractivity contribution is 6.31. The van der Waals surface area contributed by atoms with Crippen molar-refractivity contribution in [2.75, 3.05) is 26.9 Å². The van der Waals surface area contributed by atoms with Crippen molar-refractivity contribution in [1.29, 1.82) is 0 Å². The Balaban J connectivity index is 2.62. The van der Waals surface area contributed by atoms with Crippen LogP contribution in [0.1, 0.15) is 25.3 Å². The Morgan fingerprint density at radius 1 is 1.20 bits per heavy atom. The second-order valence-corrected chi connectivity index (χ2v) is 6.69. The van der Waals surface area contributed by atoms with E-state index in [4.69, 9.17) is 31.7 Å². The molecule has 0 aromatic heterocycles. The van der Waals surface area contributed by atoms with Crippen LogP contribution in [0.25, 0.3) is 0 Å². The molecule has 1 aromatic rings. The standard InChI is InChI=1S/C20H24ClN3O6/c1-4-30-20(27)18-14(9-29-10-15(25)24-22)23-11(2)16(19(26)28-3)17(18)12-7-5-6-8-13(12)21/h5-8,17,23H,4,9-10,22H2,1-3H3,(H,24,25). The highest BCUT2D eigenvalue weighted by Gasteiger charge is 2.39. The number of nitrogens with two attached hydrogens (primary N) is 1. The second kappa shape index (κ2) is 10.8. The van der Waals surface area contributed by atoms with Crippen molar-refractivity contribution in [3.05, 3.63) is 57.4 Å². The number of ether oxygens (including phenoxy) is 3. The molecule has 0 saturated heterocycles. The third-order valence-corrected chi connectivity index (χ3v) is 4.75. The number of carbonyl (C=O) groups is 3. The lowest BCUT2D eigenvalue weighted by Crippen LogP contribution is -2.36. The van der Waals surface area contributed by atoms with Crippen molar-refractivity contribution in [3.63, 3.8) is 0 Å². The maximum absolute atomic E-state index is 12.9. The van der Waals surface area contributed by atoms with Crippen molar-refractivity contribution >= 4 is 29.4 Å². The van der Waals surface area contributed by atoms with Crippen molar-refractivity contribution in [2.45, 2.75) is 19.8 Å². The third-order valence-electron chi connectivity index (χ3n) is 4.40. The van der Waals surface area contributed by atoms with E-state index in [2.05, 4.69) is 5.32 Å². The molecule has 1 heterocycles. The van der Waals surface area contributed by atoms with Crippen LogP contribution in [0.4, 0.5) is 0 Å². The monoisotopic (exact) mass is 437 g/mol. The van der Waals surface area contributed by atoms with Crippen molar-refractivity contribution < 1.29 is 28.6 Å².